The van der Waals surface area contributed by atoms with Gasteiger partial charge in [-0.15, -0.1) is 12.4 Å². The Balaban J connectivity index is 0.00000392. The Kier molecular flexibility index (Phi) is 10.9. The highest BCUT2D eigenvalue weighted by molar-refractivity contribution is 5.85. The summed E-state index contributed by atoms with van der Waals surface area (Å²) in [5, 5.41) is 0. The molecule has 2 rings (SSSR count). The normalized spacial score (nSPS) is 10.8. The second-order valence-electron chi connectivity index (χ2n) is 7.72. The van der Waals surface area contributed by atoms with Crippen LogP contribution in [0.1, 0.15) is 48.9 Å². The number of carbonyl (C=O) groups excluding carboxylic acids is 1. The van der Waals surface area contributed by atoms with E-state index in [4.69, 9.17) is 4.74 Å². The fourth-order valence-corrected chi connectivity index (χ4v) is 3.04. The lowest BCUT2D eigenvalue weighted by Gasteiger charge is -2.24. The van der Waals surface area contributed by atoms with Crippen LogP contribution >= 0.6 is 12.4 Å². The Morgan fingerprint density at radius 2 is 1.43 bits per heavy atom. The van der Waals surface area contributed by atoms with Crippen molar-refractivity contribution >= 4 is 18.4 Å². The lowest BCUT2D eigenvalue weighted by atomic mass is 10.1. The number of ether oxygens (including phenoxy) is 1. The molecule has 0 spiro atoms. The third-order valence-electron chi connectivity index (χ3n) is 4.91. The lowest BCUT2D eigenvalue weighted by molar-refractivity contribution is -0.144. The van der Waals surface area contributed by atoms with Gasteiger partial charge in [-0.25, -0.2) is 0 Å². The van der Waals surface area contributed by atoms with Gasteiger partial charge in [0.1, 0.15) is 6.61 Å². The molecule has 0 saturated carbocycles. The van der Waals surface area contributed by atoms with Crippen molar-refractivity contribution in [2.24, 2.45) is 5.92 Å². The number of esters is 1. The van der Waals surface area contributed by atoms with Crippen molar-refractivity contribution in [1.29, 1.82) is 0 Å². The smallest absolute Gasteiger partial charge is 0.305 e. The lowest BCUT2D eigenvalue weighted by Crippen LogP contribution is -2.28. The van der Waals surface area contributed by atoms with Crippen molar-refractivity contribution in [1.82, 2.24) is 4.90 Å². The van der Waals surface area contributed by atoms with Crippen LogP contribution < -0.4 is 0 Å². The fourth-order valence-electron chi connectivity index (χ4n) is 3.04. The zero-order valence-electron chi connectivity index (χ0n) is 17.6. The molecule has 0 aromatic heterocycles. The fraction of sp³-hybridized carbons (Fsp3) is 0.458. The SMILES string of the molecule is Cc1ccccc1CN(CCOC(=O)CCC(C)C)Cc1ccccc1C.Cl. The van der Waals surface area contributed by atoms with E-state index in [-0.39, 0.29) is 18.4 Å². The first-order valence-corrected chi connectivity index (χ1v) is 9.92. The molecule has 28 heavy (non-hydrogen) atoms. The summed E-state index contributed by atoms with van der Waals surface area (Å²) in [5.41, 5.74) is 5.22. The quantitative estimate of drug-likeness (QED) is 0.476. The van der Waals surface area contributed by atoms with Crippen molar-refractivity contribution in [3.05, 3.63) is 70.8 Å². The van der Waals surface area contributed by atoms with Crippen molar-refractivity contribution in [3.63, 3.8) is 0 Å². The van der Waals surface area contributed by atoms with Crippen LogP contribution in [0.15, 0.2) is 48.5 Å². The maximum Gasteiger partial charge on any atom is 0.305 e. The van der Waals surface area contributed by atoms with Gasteiger partial charge in [-0.1, -0.05) is 62.4 Å². The molecule has 0 aliphatic carbocycles. The van der Waals surface area contributed by atoms with Gasteiger partial charge in [-0.05, 0) is 48.4 Å². The van der Waals surface area contributed by atoms with Gasteiger partial charge in [-0.3, -0.25) is 9.69 Å². The predicted molar refractivity (Wildman–Crippen MR) is 119 cm³/mol. The molecule has 0 aliphatic rings. The van der Waals surface area contributed by atoms with Crippen LogP contribution in [-0.4, -0.2) is 24.0 Å². The van der Waals surface area contributed by atoms with Gasteiger partial charge in [0.05, 0.1) is 0 Å². The molecular formula is C24H34ClNO2. The minimum Gasteiger partial charge on any atom is -0.464 e. The van der Waals surface area contributed by atoms with E-state index in [9.17, 15) is 4.79 Å². The highest BCUT2D eigenvalue weighted by Crippen LogP contribution is 2.15. The number of hydrogen-bond donors (Lipinski definition) is 0. The van der Waals surface area contributed by atoms with Gasteiger partial charge in [0.2, 0.25) is 0 Å². The van der Waals surface area contributed by atoms with E-state index < -0.39 is 0 Å². The van der Waals surface area contributed by atoms with Crippen LogP contribution in [0.4, 0.5) is 0 Å². The first-order valence-electron chi connectivity index (χ1n) is 9.92. The second-order valence-corrected chi connectivity index (χ2v) is 7.72. The number of benzene rings is 2. The number of carbonyl (C=O) groups is 1. The van der Waals surface area contributed by atoms with Crippen LogP contribution in [0, 0.1) is 19.8 Å². The molecule has 2 aromatic carbocycles. The van der Waals surface area contributed by atoms with Crippen LogP contribution in [-0.2, 0) is 22.6 Å². The zero-order chi connectivity index (χ0) is 19.6. The van der Waals surface area contributed by atoms with Crippen LogP contribution in [0.3, 0.4) is 0 Å². The van der Waals surface area contributed by atoms with Crippen molar-refractivity contribution in [3.8, 4) is 0 Å². The summed E-state index contributed by atoms with van der Waals surface area (Å²) in [7, 11) is 0. The van der Waals surface area contributed by atoms with Gasteiger partial charge < -0.3 is 4.74 Å². The van der Waals surface area contributed by atoms with Crippen LogP contribution in [0.25, 0.3) is 0 Å². The molecule has 0 N–H and O–H groups in total. The summed E-state index contributed by atoms with van der Waals surface area (Å²) in [6.07, 6.45) is 1.39. The third-order valence-corrected chi connectivity index (χ3v) is 4.91. The molecule has 4 heteroatoms. The number of hydrogen-bond acceptors (Lipinski definition) is 3. The summed E-state index contributed by atoms with van der Waals surface area (Å²) in [6.45, 7) is 11.4. The Bertz CT molecular complexity index is 683. The van der Waals surface area contributed by atoms with Gasteiger partial charge in [-0.2, -0.15) is 0 Å². The Hall–Kier alpha value is -1.84. The largest absolute Gasteiger partial charge is 0.464 e. The topological polar surface area (TPSA) is 29.5 Å². The zero-order valence-corrected chi connectivity index (χ0v) is 18.4. The summed E-state index contributed by atoms with van der Waals surface area (Å²) < 4.78 is 5.48. The molecule has 3 nitrogen and oxygen atoms in total. The van der Waals surface area contributed by atoms with Crippen LogP contribution in [0.5, 0.6) is 0 Å². The van der Waals surface area contributed by atoms with Gasteiger partial charge in [0, 0.05) is 26.1 Å². The maximum absolute atomic E-state index is 11.9. The highest BCUT2D eigenvalue weighted by atomic mass is 35.5. The van der Waals surface area contributed by atoms with E-state index in [1.165, 1.54) is 22.3 Å². The number of nitrogens with zero attached hydrogens (tertiary/aromatic N) is 1. The summed E-state index contributed by atoms with van der Waals surface area (Å²) in [6, 6.07) is 17.0. The van der Waals surface area contributed by atoms with Crippen molar-refractivity contribution < 1.29 is 9.53 Å². The summed E-state index contributed by atoms with van der Waals surface area (Å²) >= 11 is 0. The van der Waals surface area contributed by atoms with E-state index >= 15 is 0 Å². The Morgan fingerprint density at radius 1 is 0.929 bits per heavy atom. The average molecular weight is 404 g/mol. The van der Waals surface area contributed by atoms with E-state index in [0.29, 0.717) is 18.9 Å². The molecule has 0 fully saturated rings. The van der Waals surface area contributed by atoms with E-state index in [0.717, 1.165) is 26.1 Å². The molecule has 0 atom stereocenters. The Morgan fingerprint density at radius 3 is 1.89 bits per heavy atom. The van der Waals surface area contributed by atoms with E-state index in [1.807, 2.05) is 0 Å². The van der Waals surface area contributed by atoms with E-state index in [1.54, 1.807) is 0 Å². The Labute approximate surface area is 176 Å². The average Bonchev–Trinajstić information content (AvgIpc) is 2.63. The second kappa shape index (κ2) is 12.6. The third kappa shape index (κ3) is 8.45. The first kappa shape index (κ1) is 24.2. The molecule has 0 radical (unpaired) electrons. The first-order chi connectivity index (χ1) is 13.0. The molecule has 0 amide bonds. The van der Waals surface area contributed by atoms with Gasteiger partial charge in [0.15, 0.2) is 0 Å². The van der Waals surface area contributed by atoms with E-state index in [2.05, 4.69) is 81.1 Å². The molecule has 0 heterocycles. The molecule has 154 valence electrons. The van der Waals surface area contributed by atoms with Gasteiger partial charge in [0.25, 0.3) is 0 Å². The van der Waals surface area contributed by atoms with Gasteiger partial charge >= 0.3 is 5.97 Å². The minimum atomic E-state index is -0.0876. The molecule has 0 bridgehead atoms. The van der Waals surface area contributed by atoms with Crippen molar-refractivity contribution in [2.45, 2.75) is 53.6 Å². The molecule has 2 aromatic rings. The van der Waals surface area contributed by atoms with Crippen molar-refractivity contribution in [2.75, 3.05) is 13.2 Å². The predicted octanol–water partition coefficient (Wildman–Crippen LogP) is 5.71. The number of rotatable bonds is 10. The summed E-state index contributed by atoms with van der Waals surface area (Å²) in [4.78, 5) is 14.3. The minimum absolute atomic E-state index is 0. The number of halogens is 1. The molecule has 0 unspecified atom stereocenters. The molecule has 0 aliphatic heterocycles. The number of aryl methyl sites for hydroxylation is 2. The highest BCUT2D eigenvalue weighted by Gasteiger charge is 2.12. The summed E-state index contributed by atoms with van der Waals surface area (Å²) in [5.74, 6) is 0.437. The standard InChI is InChI=1S/C24H33NO2.ClH/c1-19(2)13-14-24(26)27-16-15-25(17-22-11-7-5-9-20(22)3)18-23-12-8-6-10-21(23)4;/h5-12,19H,13-18H2,1-4H3;1H. The monoisotopic (exact) mass is 403 g/mol. The molecular weight excluding hydrogens is 370 g/mol. The maximum atomic E-state index is 11.9. The molecule has 0 saturated heterocycles. The van der Waals surface area contributed by atoms with Crippen LogP contribution in [0.2, 0.25) is 0 Å².